The summed E-state index contributed by atoms with van der Waals surface area (Å²) in [4.78, 5) is 0. The number of hydrogen-bond acceptors (Lipinski definition) is 4. The van der Waals surface area contributed by atoms with Gasteiger partial charge in [-0.1, -0.05) is 47.0 Å². The summed E-state index contributed by atoms with van der Waals surface area (Å²) in [6.07, 6.45) is 5.29. The summed E-state index contributed by atoms with van der Waals surface area (Å²) < 4.78 is 16.5. The van der Waals surface area contributed by atoms with Crippen molar-refractivity contribution >= 4 is 40.5 Å². The number of halogens is 3. The molecule has 0 saturated carbocycles. The number of anilines is 1. The molecule has 4 rings (SSSR count). The van der Waals surface area contributed by atoms with E-state index in [1.54, 1.807) is 27.4 Å². The van der Waals surface area contributed by atoms with Crippen molar-refractivity contribution in [2.75, 3.05) is 26.6 Å². The molecule has 0 fully saturated rings. The van der Waals surface area contributed by atoms with Crippen LogP contribution >= 0.6 is 34.8 Å². The molecule has 0 amide bonds. The van der Waals surface area contributed by atoms with Crippen molar-refractivity contribution in [2.45, 2.75) is 18.4 Å². The largest absolute Gasteiger partial charge is 0.493 e. The Bertz CT molecular complexity index is 935. The van der Waals surface area contributed by atoms with Gasteiger partial charge in [-0.25, -0.2) is 0 Å². The van der Waals surface area contributed by atoms with Crippen molar-refractivity contribution in [3.05, 3.63) is 56.5 Å². The van der Waals surface area contributed by atoms with Crippen molar-refractivity contribution in [1.29, 1.82) is 0 Å². The number of ether oxygens (including phenoxy) is 3. The summed E-state index contributed by atoms with van der Waals surface area (Å²) in [5.41, 5.74) is 2.81. The fourth-order valence-corrected chi connectivity index (χ4v) is 5.08. The Morgan fingerprint density at radius 2 is 1.61 bits per heavy atom. The van der Waals surface area contributed by atoms with Crippen LogP contribution in [0, 0.1) is 5.92 Å². The van der Waals surface area contributed by atoms with Gasteiger partial charge in [0.1, 0.15) is 0 Å². The predicted octanol–water partition coefficient (Wildman–Crippen LogP) is 6.50. The standard InChI is InChI=1S/C21H20Cl3NO3/c1-26-15-7-10(8-16(27-2)21(15)28-3)19-12-6-4-5-11(12)17-18(24)13(22)9-14(23)20(17)25-19/h4-5,7-9,11-12,19,25H,6H2,1-3H3/t11-,12-,19+/m0/s1. The lowest BCUT2D eigenvalue weighted by atomic mass is 9.77. The van der Waals surface area contributed by atoms with E-state index in [0.29, 0.717) is 32.3 Å². The zero-order chi connectivity index (χ0) is 20.0. The molecule has 2 aromatic carbocycles. The van der Waals surface area contributed by atoms with E-state index in [4.69, 9.17) is 49.0 Å². The van der Waals surface area contributed by atoms with Crippen molar-refractivity contribution < 1.29 is 14.2 Å². The molecule has 0 spiro atoms. The van der Waals surface area contributed by atoms with Gasteiger partial charge >= 0.3 is 0 Å². The Hall–Kier alpha value is -1.75. The number of hydrogen-bond donors (Lipinski definition) is 1. The maximum Gasteiger partial charge on any atom is 0.203 e. The summed E-state index contributed by atoms with van der Waals surface area (Å²) in [6.45, 7) is 0. The summed E-state index contributed by atoms with van der Waals surface area (Å²) in [5.74, 6) is 2.20. The fraction of sp³-hybridized carbons (Fsp3) is 0.333. The molecule has 1 aliphatic heterocycles. The molecule has 28 heavy (non-hydrogen) atoms. The number of fused-ring (bicyclic) bond motifs is 3. The molecule has 4 nitrogen and oxygen atoms in total. The van der Waals surface area contributed by atoms with Gasteiger partial charge in [-0.3, -0.25) is 0 Å². The first-order valence-electron chi connectivity index (χ1n) is 8.90. The van der Waals surface area contributed by atoms with Gasteiger partial charge in [-0.2, -0.15) is 0 Å². The van der Waals surface area contributed by atoms with E-state index >= 15 is 0 Å². The van der Waals surface area contributed by atoms with Crippen molar-refractivity contribution in [2.24, 2.45) is 5.92 Å². The van der Waals surface area contributed by atoms with Gasteiger partial charge in [0.25, 0.3) is 0 Å². The first kappa shape index (κ1) is 19.6. The van der Waals surface area contributed by atoms with E-state index in [0.717, 1.165) is 23.2 Å². The monoisotopic (exact) mass is 439 g/mol. The Kier molecular flexibility index (Phi) is 5.30. The molecular formula is C21H20Cl3NO3. The summed E-state index contributed by atoms with van der Waals surface area (Å²) in [5, 5.41) is 5.17. The van der Waals surface area contributed by atoms with E-state index in [1.807, 2.05) is 12.1 Å². The van der Waals surface area contributed by atoms with Crippen LogP contribution in [-0.2, 0) is 0 Å². The highest BCUT2D eigenvalue weighted by molar-refractivity contribution is 6.44. The molecule has 2 aliphatic rings. The first-order valence-corrected chi connectivity index (χ1v) is 10.0. The van der Waals surface area contributed by atoms with Gasteiger partial charge in [0.2, 0.25) is 5.75 Å². The number of rotatable bonds is 4. The lowest BCUT2D eigenvalue weighted by Crippen LogP contribution is -2.29. The van der Waals surface area contributed by atoms with Gasteiger partial charge in [-0.05, 0) is 36.1 Å². The first-order chi connectivity index (χ1) is 13.5. The SMILES string of the molecule is COc1cc([C@H]2Nc3c(Cl)cc(Cl)c(Cl)c3[C@H]3C=CC[C@@H]32)cc(OC)c1OC. The lowest BCUT2D eigenvalue weighted by Gasteiger charge is -2.38. The van der Waals surface area contributed by atoms with Crippen LogP contribution in [0.2, 0.25) is 15.1 Å². The number of allylic oxidation sites excluding steroid dienone is 2. The quantitative estimate of drug-likeness (QED) is 0.435. The molecule has 1 heterocycles. The van der Waals surface area contributed by atoms with E-state index in [1.165, 1.54) is 0 Å². The van der Waals surface area contributed by atoms with Crippen LogP contribution in [0.1, 0.15) is 29.5 Å². The lowest BCUT2D eigenvalue weighted by molar-refractivity contribution is 0.322. The number of nitrogens with one attached hydrogen (secondary N) is 1. The molecule has 7 heteroatoms. The minimum absolute atomic E-state index is 0.00375. The van der Waals surface area contributed by atoms with Gasteiger partial charge in [0, 0.05) is 11.5 Å². The Labute approximate surface area is 179 Å². The molecule has 0 saturated heterocycles. The molecule has 0 aromatic heterocycles. The minimum Gasteiger partial charge on any atom is -0.493 e. The van der Waals surface area contributed by atoms with E-state index in [-0.39, 0.29) is 17.9 Å². The van der Waals surface area contributed by atoms with Crippen molar-refractivity contribution in [3.8, 4) is 17.2 Å². The second kappa shape index (κ2) is 7.58. The molecule has 0 bridgehead atoms. The molecule has 0 unspecified atom stereocenters. The van der Waals surface area contributed by atoms with Crippen LogP contribution in [0.3, 0.4) is 0 Å². The molecule has 3 atom stereocenters. The van der Waals surface area contributed by atoms with Crippen molar-refractivity contribution in [3.63, 3.8) is 0 Å². The fourth-order valence-electron chi connectivity index (χ4n) is 4.27. The smallest absolute Gasteiger partial charge is 0.203 e. The molecule has 2 aromatic rings. The molecule has 1 aliphatic carbocycles. The Morgan fingerprint density at radius 1 is 0.929 bits per heavy atom. The summed E-state index contributed by atoms with van der Waals surface area (Å²) in [7, 11) is 4.82. The topological polar surface area (TPSA) is 39.7 Å². The predicted molar refractivity (Wildman–Crippen MR) is 114 cm³/mol. The summed E-state index contributed by atoms with van der Waals surface area (Å²) >= 11 is 19.4. The van der Waals surface area contributed by atoms with Crippen LogP contribution in [0.25, 0.3) is 0 Å². The average Bonchev–Trinajstić information content (AvgIpc) is 3.19. The zero-order valence-electron chi connectivity index (χ0n) is 15.7. The normalized spacial score (nSPS) is 22.3. The van der Waals surface area contributed by atoms with Gasteiger partial charge < -0.3 is 19.5 Å². The Balaban J connectivity index is 1.86. The van der Waals surface area contributed by atoms with Gasteiger partial charge in [-0.15, -0.1) is 0 Å². The highest BCUT2D eigenvalue weighted by Gasteiger charge is 2.41. The number of benzene rings is 2. The van der Waals surface area contributed by atoms with E-state index < -0.39 is 0 Å². The Morgan fingerprint density at radius 3 is 2.21 bits per heavy atom. The van der Waals surface area contributed by atoms with E-state index in [9.17, 15) is 0 Å². The molecular weight excluding hydrogens is 421 g/mol. The van der Waals surface area contributed by atoms with Gasteiger partial charge in [0.15, 0.2) is 11.5 Å². The molecule has 148 valence electrons. The molecule has 1 N–H and O–H groups in total. The molecule has 0 radical (unpaired) electrons. The van der Waals surface area contributed by atoms with Gasteiger partial charge in [0.05, 0.1) is 48.1 Å². The highest BCUT2D eigenvalue weighted by Crippen LogP contribution is 2.56. The maximum atomic E-state index is 6.56. The van der Waals surface area contributed by atoms with Crippen LogP contribution in [0.5, 0.6) is 17.2 Å². The van der Waals surface area contributed by atoms with Crippen LogP contribution in [0.15, 0.2) is 30.4 Å². The third kappa shape index (κ3) is 2.99. The average molecular weight is 441 g/mol. The maximum absolute atomic E-state index is 6.56. The third-order valence-electron chi connectivity index (χ3n) is 5.53. The highest BCUT2D eigenvalue weighted by atomic mass is 35.5. The van der Waals surface area contributed by atoms with Crippen LogP contribution in [-0.4, -0.2) is 21.3 Å². The zero-order valence-corrected chi connectivity index (χ0v) is 18.0. The van der Waals surface area contributed by atoms with Crippen LogP contribution in [0.4, 0.5) is 5.69 Å². The number of methoxy groups -OCH3 is 3. The van der Waals surface area contributed by atoms with Crippen LogP contribution < -0.4 is 19.5 Å². The van der Waals surface area contributed by atoms with E-state index in [2.05, 4.69) is 17.5 Å². The van der Waals surface area contributed by atoms with Crippen molar-refractivity contribution in [1.82, 2.24) is 0 Å². The minimum atomic E-state index is -0.00375. The second-order valence-corrected chi connectivity index (χ2v) is 8.07. The third-order valence-corrected chi connectivity index (χ3v) is 6.63. The second-order valence-electron chi connectivity index (χ2n) is 6.88. The summed E-state index contributed by atoms with van der Waals surface area (Å²) in [6, 6.07) is 5.63.